The first-order valence-electron chi connectivity index (χ1n) is 6.33. The molecule has 3 N–H and O–H groups in total. The number of amidine groups is 1. The lowest BCUT2D eigenvalue weighted by Gasteiger charge is -2.05. The molecular weight excluding hydrogens is 216 g/mol. The number of hydrogen-bond acceptors (Lipinski definition) is 2. The highest BCUT2D eigenvalue weighted by molar-refractivity contribution is 6.01. The molecule has 0 radical (unpaired) electrons. The Bertz CT molecular complexity index is 364. The Morgan fingerprint density at radius 3 is 2.65 bits per heavy atom. The van der Waals surface area contributed by atoms with E-state index in [2.05, 4.69) is 4.99 Å². The Morgan fingerprint density at radius 2 is 2.06 bits per heavy atom. The van der Waals surface area contributed by atoms with Crippen LogP contribution in [0.25, 0.3) is 0 Å². The van der Waals surface area contributed by atoms with E-state index in [1.165, 1.54) is 38.7 Å². The number of aliphatic hydroxyl groups is 1. The number of rotatable bonds is 3. The second-order valence-corrected chi connectivity index (χ2v) is 5.21. The lowest BCUT2D eigenvalue weighted by molar-refractivity contribution is -0.119. The molecule has 2 saturated carbocycles. The van der Waals surface area contributed by atoms with Crippen LogP contribution in [0.15, 0.2) is 16.8 Å². The number of carbonyl (C=O) groups is 1. The third-order valence-electron chi connectivity index (χ3n) is 3.76. The molecule has 4 nitrogen and oxygen atoms in total. The molecule has 0 aromatic carbocycles. The van der Waals surface area contributed by atoms with Crippen molar-refractivity contribution >= 4 is 11.7 Å². The van der Waals surface area contributed by atoms with Gasteiger partial charge in [0.15, 0.2) is 0 Å². The lowest BCUT2D eigenvalue weighted by atomic mass is 10.0. The van der Waals surface area contributed by atoms with Gasteiger partial charge in [0.1, 0.15) is 5.84 Å². The van der Waals surface area contributed by atoms with Gasteiger partial charge in [-0.05, 0) is 25.2 Å². The molecule has 17 heavy (non-hydrogen) atoms. The van der Waals surface area contributed by atoms with E-state index in [1.807, 2.05) is 0 Å². The molecule has 2 atom stereocenters. The number of nitrogens with two attached hydrogens (primary N) is 1. The molecule has 0 saturated heterocycles. The normalized spacial score (nSPS) is 30.6. The molecule has 2 aliphatic rings. The molecule has 0 aromatic rings. The second kappa shape index (κ2) is 4.90. The average Bonchev–Trinajstić information content (AvgIpc) is 2.84. The van der Waals surface area contributed by atoms with E-state index in [1.54, 1.807) is 0 Å². The van der Waals surface area contributed by atoms with E-state index in [9.17, 15) is 4.79 Å². The molecule has 2 fully saturated rings. The van der Waals surface area contributed by atoms with Crippen LogP contribution in [0.2, 0.25) is 0 Å². The van der Waals surface area contributed by atoms with Gasteiger partial charge < -0.3 is 10.8 Å². The first-order valence-corrected chi connectivity index (χ1v) is 6.33. The molecule has 1 unspecified atom stereocenters. The topological polar surface area (TPSA) is 75.7 Å². The van der Waals surface area contributed by atoms with Crippen LogP contribution in [0.5, 0.6) is 0 Å². The minimum Gasteiger partial charge on any atom is -0.512 e. The summed E-state index contributed by atoms with van der Waals surface area (Å²) in [6, 6.07) is 0. The van der Waals surface area contributed by atoms with Crippen molar-refractivity contribution in [1.82, 2.24) is 0 Å². The third kappa shape index (κ3) is 3.08. The van der Waals surface area contributed by atoms with Gasteiger partial charge in [-0.2, -0.15) is 4.99 Å². The first-order chi connectivity index (χ1) is 8.08. The summed E-state index contributed by atoms with van der Waals surface area (Å²) >= 11 is 0. The Kier molecular flexibility index (Phi) is 3.50. The fraction of sp³-hybridized carbons (Fsp3) is 0.692. The molecule has 0 heterocycles. The molecule has 1 amide bonds. The van der Waals surface area contributed by atoms with Gasteiger partial charge in [0, 0.05) is 12.0 Å². The highest BCUT2D eigenvalue weighted by atomic mass is 16.3. The van der Waals surface area contributed by atoms with Crippen molar-refractivity contribution in [3.05, 3.63) is 11.8 Å². The van der Waals surface area contributed by atoms with Crippen molar-refractivity contribution in [3.8, 4) is 0 Å². The summed E-state index contributed by atoms with van der Waals surface area (Å²) < 4.78 is 0. The van der Waals surface area contributed by atoms with Crippen LogP contribution in [-0.4, -0.2) is 16.8 Å². The summed E-state index contributed by atoms with van der Waals surface area (Å²) in [6.45, 7) is 1.51. The predicted octanol–water partition coefficient (Wildman–Crippen LogP) is 2.16. The molecule has 0 bridgehead atoms. The summed E-state index contributed by atoms with van der Waals surface area (Å²) in [4.78, 5) is 15.6. The highest BCUT2D eigenvalue weighted by Crippen LogP contribution is 2.50. The summed E-state index contributed by atoms with van der Waals surface area (Å²) in [6.07, 6.45) is 7.43. The fourth-order valence-electron chi connectivity index (χ4n) is 2.86. The third-order valence-corrected chi connectivity index (χ3v) is 3.76. The highest BCUT2D eigenvalue weighted by Gasteiger charge is 2.47. The van der Waals surface area contributed by atoms with Crippen molar-refractivity contribution in [2.24, 2.45) is 28.5 Å². The zero-order valence-electron chi connectivity index (χ0n) is 10.2. The van der Waals surface area contributed by atoms with Crippen molar-refractivity contribution < 1.29 is 9.90 Å². The molecule has 94 valence electrons. The quantitative estimate of drug-likeness (QED) is 0.448. The van der Waals surface area contributed by atoms with Crippen molar-refractivity contribution in [3.63, 3.8) is 0 Å². The molecular formula is C13H20N2O2. The monoisotopic (exact) mass is 236 g/mol. The van der Waals surface area contributed by atoms with Crippen LogP contribution in [-0.2, 0) is 4.79 Å². The number of carbonyl (C=O) groups excluding carboxylic acids is 1. The van der Waals surface area contributed by atoms with Crippen LogP contribution in [0.1, 0.15) is 39.0 Å². The SMILES string of the molecule is C/C(O)=C/C(N)=NC(=O)C1C[C@H]1C1CCCC1. The number of aliphatic imine (C=N–C) groups is 1. The fourth-order valence-corrected chi connectivity index (χ4v) is 2.86. The van der Waals surface area contributed by atoms with Gasteiger partial charge >= 0.3 is 0 Å². The maximum atomic E-state index is 11.8. The van der Waals surface area contributed by atoms with Gasteiger partial charge in [-0.25, -0.2) is 0 Å². The van der Waals surface area contributed by atoms with E-state index in [-0.39, 0.29) is 23.4 Å². The maximum Gasteiger partial charge on any atom is 0.251 e. The zero-order valence-corrected chi connectivity index (χ0v) is 10.2. The Morgan fingerprint density at radius 1 is 1.41 bits per heavy atom. The summed E-state index contributed by atoms with van der Waals surface area (Å²) in [5.41, 5.74) is 5.53. The van der Waals surface area contributed by atoms with Gasteiger partial charge in [-0.3, -0.25) is 4.79 Å². The second-order valence-electron chi connectivity index (χ2n) is 5.21. The average molecular weight is 236 g/mol. The Balaban J connectivity index is 1.88. The molecule has 4 heteroatoms. The van der Waals surface area contributed by atoms with Gasteiger partial charge in [-0.1, -0.05) is 25.7 Å². The first kappa shape index (κ1) is 12.1. The largest absolute Gasteiger partial charge is 0.512 e. The van der Waals surface area contributed by atoms with Crippen molar-refractivity contribution in [2.75, 3.05) is 0 Å². The van der Waals surface area contributed by atoms with E-state index in [4.69, 9.17) is 10.8 Å². The summed E-state index contributed by atoms with van der Waals surface area (Å²) in [5.74, 6) is 1.42. The van der Waals surface area contributed by atoms with E-state index < -0.39 is 0 Å². The van der Waals surface area contributed by atoms with E-state index >= 15 is 0 Å². The smallest absolute Gasteiger partial charge is 0.251 e. The minimum atomic E-state index is -0.114. The van der Waals surface area contributed by atoms with Crippen LogP contribution < -0.4 is 5.73 Å². The predicted molar refractivity (Wildman–Crippen MR) is 66.6 cm³/mol. The van der Waals surface area contributed by atoms with Gasteiger partial charge in [0.05, 0.1) is 5.76 Å². The van der Waals surface area contributed by atoms with Crippen molar-refractivity contribution in [1.29, 1.82) is 0 Å². The van der Waals surface area contributed by atoms with Gasteiger partial charge in [-0.15, -0.1) is 0 Å². The standard InChI is InChI=1S/C13H20N2O2/c1-8(16)6-12(14)15-13(17)11-7-10(11)9-4-2-3-5-9/h6,9-11,16H,2-5,7H2,1H3,(H2,14,15,17)/b8-6-/t10-,11?/m0/s1. The van der Waals surface area contributed by atoms with Crippen LogP contribution >= 0.6 is 0 Å². The molecule has 0 aliphatic heterocycles. The van der Waals surface area contributed by atoms with Gasteiger partial charge in [0.25, 0.3) is 5.91 Å². The van der Waals surface area contributed by atoms with Crippen LogP contribution in [0, 0.1) is 17.8 Å². The van der Waals surface area contributed by atoms with Crippen molar-refractivity contribution in [2.45, 2.75) is 39.0 Å². The maximum absolute atomic E-state index is 11.8. The zero-order chi connectivity index (χ0) is 12.4. The number of aliphatic hydroxyl groups excluding tert-OH is 1. The minimum absolute atomic E-state index is 0.0715. The number of allylic oxidation sites excluding steroid dienone is 1. The van der Waals surface area contributed by atoms with Crippen LogP contribution in [0.3, 0.4) is 0 Å². The van der Waals surface area contributed by atoms with E-state index in [0.29, 0.717) is 5.92 Å². The number of amides is 1. The Hall–Kier alpha value is -1.32. The molecule has 0 spiro atoms. The molecule has 0 aromatic heterocycles. The summed E-state index contributed by atoms with van der Waals surface area (Å²) in [7, 11) is 0. The lowest BCUT2D eigenvalue weighted by Crippen LogP contribution is -2.14. The number of hydrogen-bond donors (Lipinski definition) is 2. The Labute approximate surface area is 102 Å². The number of nitrogens with zero attached hydrogens (tertiary/aromatic N) is 1. The summed E-state index contributed by atoms with van der Waals surface area (Å²) in [5, 5.41) is 9.00. The molecule has 2 aliphatic carbocycles. The van der Waals surface area contributed by atoms with Gasteiger partial charge in [0.2, 0.25) is 0 Å². The van der Waals surface area contributed by atoms with E-state index in [0.717, 1.165) is 12.3 Å². The molecule has 2 rings (SSSR count). The van der Waals surface area contributed by atoms with Crippen LogP contribution in [0.4, 0.5) is 0 Å².